The van der Waals surface area contributed by atoms with Crippen LogP contribution in [0.4, 0.5) is 0 Å². The zero-order valence-electron chi connectivity index (χ0n) is 10.6. The van der Waals surface area contributed by atoms with Crippen LogP contribution in [0, 0.1) is 11.3 Å². The second kappa shape index (κ2) is 7.13. The monoisotopic (exact) mass is 248 g/mol. The van der Waals surface area contributed by atoms with Crippen molar-refractivity contribution in [1.82, 2.24) is 10.6 Å². The molecule has 1 amide bonds. The normalized spacial score (nSPS) is 16.8. The highest BCUT2D eigenvalue weighted by atomic mass is 35.5. The van der Waals surface area contributed by atoms with Gasteiger partial charge in [0, 0.05) is 13.0 Å². The van der Waals surface area contributed by atoms with Crippen molar-refractivity contribution in [3.05, 3.63) is 0 Å². The molecular formula is C12H25ClN2O. The highest BCUT2D eigenvalue weighted by molar-refractivity contribution is 5.85. The minimum Gasteiger partial charge on any atom is -0.356 e. The summed E-state index contributed by atoms with van der Waals surface area (Å²) in [5, 5.41) is 6.10. The summed E-state index contributed by atoms with van der Waals surface area (Å²) in [4.78, 5) is 11.5. The van der Waals surface area contributed by atoms with Gasteiger partial charge in [0.25, 0.3) is 0 Å². The van der Waals surface area contributed by atoms with Gasteiger partial charge in [0.2, 0.25) is 5.91 Å². The Bertz CT molecular complexity index is 215. The molecule has 0 heterocycles. The summed E-state index contributed by atoms with van der Waals surface area (Å²) in [5.74, 6) is 0.896. The molecule has 0 bridgehead atoms. The van der Waals surface area contributed by atoms with Gasteiger partial charge in [-0.3, -0.25) is 4.79 Å². The van der Waals surface area contributed by atoms with Crippen LogP contribution in [-0.2, 0) is 4.79 Å². The standard InChI is InChI=1S/C12H24N2O.ClH/c1-10(2)12(6-7-12)9-14-11(15)5-4-8-13-3;/h10,13H,4-9H2,1-3H3,(H,14,15);1H. The first-order valence-electron chi connectivity index (χ1n) is 6.02. The first-order chi connectivity index (χ1) is 7.10. The zero-order chi connectivity index (χ0) is 11.3. The van der Waals surface area contributed by atoms with Gasteiger partial charge in [0.1, 0.15) is 0 Å². The number of nitrogens with one attached hydrogen (secondary N) is 2. The molecule has 2 N–H and O–H groups in total. The molecule has 0 atom stereocenters. The minimum atomic E-state index is 0. The van der Waals surface area contributed by atoms with E-state index in [1.165, 1.54) is 12.8 Å². The van der Waals surface area contributed by atoms with E-state index in [1.54, 1.807) is 0 Å². The fourth-order valence-corrected chi connectivity index (χ4v) is 1.91. The summed E-state index contributed by atoms with van der Waals surface area (Å²) in [6.45, 7) is 6.30. The average molecular weight is 249 g/mol. The average Bonchev–Trinajstić information content (AvgIpc) is 2.96. The van der Waals surface area contributed by atoms with E-state index >= 15 is 0 Å². The number of carbonyl (C=O) groups excluding carboxylic acids is 1. The van der Waals surface area contributed by atoms with Crippen molar-refractivity contribution in [3.8, 4) is 0 Å². The van der Waals surface area contributed by atoms with E-state index in [9.17, 15) is 4.79 Å². The van der Waals surface area contributed by atoms with Gasteiger partial charge in [-0.25, -0.2) is 0 Å². The molecule has 1 aliphatic rings. The second-order valence-electron chi connectivity index (χ2n) is 5.00. The molecule has 0 aromatic rings. The van der Waals surface area contributed by atoms with Crippen molar-refractivity contribution in [3.63, 3.8) is 0 Å². The van der Waals surface area contributed by atoms with Crippen LogP contribution in [0.2, 0.25) is 0 Å². The third-order valence-electron chi connectivity index (χ3n) is 3.59. The SMILES string of the molecule is CNCCCC(=O)NCC1(C(C)C)CC1.Cl. The van der Waals surface area contributed by atoms with Crippen LogP contribution in [0.3, 0.4) is 0 Å². The third kappa shape index (κ3) is 4.71. The van der Waals surface area contributed by atoms with Crippen LogP contribution in [0.5, 0.6) is 0 Å². The largest absolute Gasteiger partial charge is 0.356 e. The Morgan fingerprint density at radius 1 is 1.38 bits per heavy atom. The number of hydrogen-bond donors (Lipinski definition) is 2. The maximum atomic E-state index is 11.5. The predicted molar refractivity (Wildman–Crippen MR) is 69.9 cm³/mol. The van der Waals surface area contributed by atoms with Crippen molar-refractivity contribution in [1.29, 1.82) is 0 Å². The first kappa shape index (κ1) is 15.7. The lowest BCUT2D eigenvalue weighted by Gasteiger charge is -2.19. The van der Waals surface area contributed by atoms with Crippen molar-refractivity contribution in [2.75, 3.05) is 20.1 Å². The van der Waals surface area contributed by atoms with Gasteiger partial charge < -0.3 is 10.6 Å². The van der Waals surface area contributed by atoms with E-state index in [1.807, 2.05) is 7.05 Å². The Morgan fingerprint density at radius 2 is 2.00 bits per heavy atom. The molecule has 0 spiro atoms. The number of amides is 1. The molecule has 0 aromatic carbocycles. The second-order valence-corrected chi connectivity index (χ2v) is 5.00. The molecular weight excluding hydrogens is 224 g/mol. The van der Waals surface area contributed by atoms with Crippen LogP contribution in [-0.4, -0.2) is 26.0 Å². The van der Waals surface area contributed by atoms with E-state index in [2.05, 4.69) is 24.5 Å². The van der Waals surface area contributed by atoms with Gasteiger partial charge in [-0.2, -0.15) is 0 Å². The van der Waals surface area contributed by atoms with E-state index < -0.39 is 0 Å². The van der Waals surface area contributed by atoms with E-state index in [0.29, 0.717) is 17.8 Å². The lowest BCUT2D eigenvalue weighted by atomic mass is 9.92. The Labute approximate surface area is 105 Å². The maximum absolute atomic E-state index is 11.5. The van der Waals surface area contributed by atoms with Crippen LogP contribution in [0.15, 0.2) is 0 Å². The van der Waals surface area contributed by atoms with Crippen molar-refractivity contribution in [2.45, 2.75) is 39.5 Å². The fraction of sp³-hybridized carbons (Fsp3) is 0.917. The van der Waals surface area contributed by atoms with Gasteiger partial charge in [0.15, 0.2) is 0 Å². The van der Waals surface area contributed by atoms with E-state index in [0.717, 1.165) is 19.5 Å². The molecule has 0 aliphatic heterocycles. The number of hydrogen-bond acceptors (Lipinski definition) is 2. The quantitative estimate of drug-likeness (QED) is 0.677. The molecule has 1 rings (SSSR count). The molecule has 0 unspecified atom stereocenters. The lowest BCUT2D eigenvalue weighted by Crippen LogP contribution is -2.32. The van der Waals surface area contributed by atoms with Crippen molar-refractivity contribution < 1.29 is 4.79 Å². The molecule has 1 saturated carbocycles. The Hall–Kier alpha value is -0.280. The topological polar surface area (TPSA) is 41.1 Å². The Kier molecular flexibility index (Phi) is 7.00. The zero-order valence-corrected chi connectivity index (χ0v) is 11.5. The molecule has 1 fully saturated rings. The number of halogens is 1. The van der Waals surface area contributed by atoms with Gasteiger partial charge in [-0.1, -0.05) is 13.8 Å². The maximum Gasteiger partial charge on any atom is 0.220 e. The van der Waals surface area contributed by atoms with Gasteiger partial charge >= 0.3 is 0 Å². The van der Waals surface area contributed by atoms with E-state index in [4.69, 9.17) is 0 Å². The summed E-state index contributed by atoms with van der Waals surface area (Å²) < 4.78 is 0. The van der Waals surface area contributed by atoms with Crippen LogP contribution in [0.25, 0.3) is 0 Å². The van der Waals surface area contributed by atoms with Crippen molar-refractivity contribution in [2.24, 2.45) is 11.3 Å². The summed E-state index contributed by atoms with van der Waals surface area (Å²) in [6.07, 6.45) is 4.13. The molecule has 96 valence electrons. The summed E-state index contributed by atoms with van der Waals surface area (Å²) >= 11 is 0. The molecule has 0 radical (unpaired) electrons. The van der Waals surface area contributed by atoms with Crippen LogP contribution < -0.4 is 10.6 Å². The third-order valence-corrected chi connectivity index (χ3v) is 3.59. The molecule has 0 aromatic heterocycles. The molecule has 4 heteroatoms. The summed E-state index contributed by atoms with van der Waals surface area (Å²) in [6, 6.07) is 0. The lowest BCUT2D eigenvalue weighted by molar-refractivity contribution is -0.121. The number of carbonyl (C=O) groups is 1. The van der Waals surface area contributed by atoms with E-state index in [-0.39, 0.29) is 18.3 Å². The minimum absolute atomic E-state index is 0. The van der Waals surface area contributed by atoms with Gasteiger partial charge in [0.05, 0.1) is 0 Å². The molecule has 0 saturated heterocycles. The smallest absolute Gasteiger partial charge is 0.220 e. The highest BCUT2D eigenvalue weighted by Crippen LogP contribution is 2.51. The van der Waals surface area contributed by atoms with Crippen molar-refractivity contribution >= 4 is 18.3 Å². The number of rotatable bonds is 7. The summed E-state index contributed by atoms with van der Waals surface area (Å²) in [7, 11) is 1.91. The summed E-state index contributed by atoms with van der Waals surface area (Å²) in [5.41, 5.74) is 0.429. The van der Waals surface area contributed by atoms with Crippen LogP contribution in [0.1, 0.15) is 39.5 Å². The first-order valence-corrected chi connectivity index (χ1v) is 6.02. The molecule has 1 aliphatic carbocycles. The Balaban J connectivity index is 0.00000225. The predicted octanol–water partition coefficient (Wildman–Crippen LogP) is 1.96. The van der Waals surface area contributed by atoms with Gasteiger partial charge in [-0.15, -0.1) is 12.4 Å². The fourth-order valence-electron chi connectivity index (χ4n) is 1.91. The van der Waals surface area contributed by atoms with Gasteiger partial charge in [-0.05, 0) is 44.2 Å². The molecule has 3 nitrogen and oxygen atoms in total. The highest BCUT2D eigenvalue weighted by Gasteiger charge is 2.45. The molecule has 16 heavy (non-hydrogen) atoms. The van der Waals surface area contributed by atoms with Crippen LogP contribution >= 0.6 is 12.4 Å². The Morgan fingerprint density at radius 3 is 2.44 bits per heavy atom.